The summed E-state index contributed by atoms with van der Waals surface area (Å²) >= 11 is 0. The second-order valence-electron chi connectivity index (χ2n) is 23.2. The third kappa shape index (κ3) is 7.63. The van der Waals surface area contributed by atoms with Gasteiger partial charge in [0.1, 0.15) is 11.6 Å². The zero-order valence-corrected chi connectivity index (χ0v) is 46.9. The molecule has 418 valence electrons. The summed E-state index contributed by atoms with van der Waals surface area (Å²) in [5, 5.41) is 14.4. The Labute approximate surface area is 491 Å². The summed E-state index contributed by atoms with van der Waals surface area (Å²) in [7, 11) is 0. The highest BCUT2D eigenvalue weighted by atomic mass is 19.4. The number of halogens is 6. The summed E-state index contributed by atoms with van der Waals surface area (Å²) in [6.45, 7) is 8.75. The van der Waals surface area contributed by atoms with Crippen LogP contribution in [0, 0.1) is 11.3 Å². The lowest BCUT2D eigenvalue weighted by Gasteiger charge is -2.43. The molecule has 0 radical (unpaired) electrons. The molecule has 5 heterocycles. The minimum Gasteiger partial charge on any atom is -0.309 e. The van der Waals surface area contributed by atoms with Crippen molar-refractivity contribution in [2.45, 2.75) is 50.9 Å². The molecule has 0 saturated heterocycles. The van der Waals surface area contributed by atoms with Crippen molar-refractivity contribution >= 4 is 77.7 Å². The number of hydrogen-bond donors (Lipinski definition) is 0. The molecule has 0 bridgehead atoms. The zero-order valence-electron chi connectivity index (χ0n) is 46.9. The van der Waals surface area contributed by atoms with Gasteiger partial charge in [0, 0.05) is 54.9 Å². The molecule has 0 aliphatic carbocycles. The Balaban J connectivity index is 1.19. The number of para-hydroxylation sites is 8. The van der Waals surface area contributed by atoms with E-state index < -0.39 is 34.3 Å². The minimum atomic E-state index is -4.69. The Morgan fingerprint density at radius 3 is 1.14 bits per heavy atom. The van der Waals surface area contributed by atoms with Gasteiger partial charge in [-0.25, -0.2) is 4.98 Å². The number of benzene rings is 10. The summed E-state index contributed by atoms with van der Waals surface area (Å²) in [5.74, 6) is 0. The van der Waals surface area contributed by atoms with E-state index in [0.717, 1.165) is 80.6 Å². The van der Waals surface area contributed by atoms with Crippen LogP contribution >= 0.6 is 0 Å². The van der Waals surface area contributed by atoms with Gasteiger partial charge >= 0.3 is 12.4 Å². The normalized spacial score (nSPS) is 14.3. The summed E-state index contributed by atoms with van der Waals surface area (Å²) in [6, 6.07) is 73.3. The highest BCUT2D eigenvalue weighted by Gasteiger charge is 2.43. The fraction of sp³-hybridized carbons (Fsp3) is 0.108. The minimum absolute atomic E-state index is 0.0637. The van der Waals surface area contributed by atoms with Crippen molar-refractivity contribution in [3.05, 3.63) is 269 Å². The van der Waals surface area contributed by atoms with E-state index in [1.54, 1.807) is 24.3 Å². The van der Waals surface area contributed by atoms with Crippen molar-refractivity contribution in [2.24, 2.45) is 0 Å². The molecule has 6 nitrogen and oxygen atoms in total. The van der Waals surface area contributed by atoms with Crippen LogP contribution in [0.5, 0.6) is 0 Å². The van der Waals surface area contributed by atoms with Crippen LogP contribution in [0.1, 0.15) is 66.6 Å². The van der Waals surface area contributed by atoms with Crippen LogP contribution in [-0.4, -0.2) is 14.1 Å². The number of hydrogen-bond acceptors (Lipinski definition) is 4. The molecule has 3 aromatic heterocycles. The van der Waals surface area contributed by atoms with E-state index in [-0.39, 0.29) is 16.9 Å². The molecule has 0 atom stereocenters. The fourth-order valence-electron chi connectivity index (χ4n) is 13.8. The Kier molecular flexibility index (Phi) is 11.5. The van der Waals surface area contributed by atoms with Crippen LogP contribution < -0.4 is 9.80 Å². The maximum atomic E-state index is 15.0. The summed E-state index contributed by atoms with van der Waals surface area (Å²) in [4.78, 5) is 10.6. The van der Waals surface area contributed by atoms with Crippen LogP contribution in [0.4, 0.5) is 60.5 Å². The Morgan fingerprint density at radius 2 is 0.733 bits per heavy atom. The van der Waals surface area contributed by atoms with Gasteiger partial charge in [-0.1, -0.05) is 173 Å². The van der Waals surface area contributed by atoms with E-state index in [1.165, 1.54) is 12.1 Å². The van der Waals surface area contributed by atoms with E-state index >= 15 is 0 Å². The summed E-state index contributed by atoms with van der Waals surface area (Å²) < 4.78 is 93.5. The molecule has 15 rings (SSSR count). The highest BCUT2D eigenvalue weighted by molar-refractivity contribution is 6.13. The number of anilines is 6. The van der Waals surface area contributed by atoms with Crippen molar-refractivity contribution in [1.29, 1.82) is 5.26 Å². The van der Waals surface area contributed by atoms with Crippen LogP contribution in [0.15, 0.2) is 231 Å². The maximum absolute atomic E-state index is 15.0. The standard InChI is InChI=1S/C74H50F6N6/c1-71(2)55-29-13-17-35-63(55)83(46-21-7-5-8-22-46)67-50(27-19-31-57(67)71)65-69(85-59-33-15-11-25-48(59)52-41-44(73(75,76)77)37-39-61(52)85)54(43-81)70(86-60-34-16-12-26-49(60)53-42-45(74(78,79)80)38-40-62(53)86)66(82-65)51-28-20-32-58-68(51)84(47-23-9-6-10-24-47)64-36-18-14-30-56(64)72(58,3)4/h5-42H,1-4H3. The zero-order chi connectivity index (χ0) is 59.2. The monoisotopic (exact) mass is 1140 g/mol. The van der Waals surface area contributed by atoms with Crippen molar-refractivity contribution in [1.82, 2.24) is 14.1 Å². The Bertz CT molecular complexity index is 4700. The lowest BCUT2D eigenvalue weighted by Crippen LogP contribution is -2.31. The molecule has 0 amide bonds. The first-order valence-electron chi connectivity index (χ1n) is 28.3. The van der Waals surface area contributed by atoms with E-state index in [9.17, 15) is 31.6 Å². The van der Waals surface area contributed by atoms with E-state index in [0.29, 0.717) is 66.1 Å². The lowest BCUT2D eigenvalue weighted by molar-refractivity contribution is -0.138. The quantitative estimate of drug-likeness (QED) is 0.156. The van der Waals surface area contributed by atoms with Crippen LogP contribution in [0.2, 0.25) is 0 Å². The third-order valence-electron chi connectivity index (χ3n) is 17.7. The van der Waals surface area contributed by atoms with Gasteiger partial charge in [-0.15, -0.1) is 0 Å². The molecule has 0 N–H and O–H groups in total. The molecule has 10 aromatic carbocycles. The molecule has 2 aliphatic rings. The largest absolute Gasteiger partial charge is 0.416 e. The molecule has 0 fully saturated rings. The number of aromatic nitrogens is 3. The van der Waals surface area contributed by atoms with E-state index in [4.69, 9.17) is 4.98 Å². The van der Waals surface area contributed by atoms with Gasteiger partial charge in [-0.2, -0.15) is 31.6 Å². The number of alkyl halides is 6. The molecule has 0 spiro atoms. The first-order chi connectivity index (χ1) is 41.5. The van der Waals surface area contributed by atoms with E-state index in [2.05, 4.69) is 80.0 Å². The van der Waals surface area contributed by atoms with Crippen LogP contribution in [0.25, 0.3) is 77.5 Å². The topological polar surface area (TPSA) is 53.0 Å². The van der Waals surface area contributed by atoms with Gasteiger partial charge in [0.2, 0.25) is 0 Å². The molecule has 0 saturated carbocycles. The summed E-state index contributed by atoms with van der Waals surface area (Å²) in [5.41, 5.74) is 10.3. The predicted molar refractivity (Wildman–Crippen MR) is 332 cm³/mol. The highest BCUT2D eigenvalue weighted by Crippen LogP contribution is 2.59. The molecule has 13 aromatic rings. The van der Waals surface area contributed by atoms with Gasteiger partial charge in [-0.05, 0) is 107 Å². The average molecular weight is 1140 g/mol. The molecule has 0 unspecified atom stereocenters. The summed E-state index contributed by atoms with van der Waals surface area (Å²) in [6.07, 6.45) is -9.38. The first kappa shape index (κ1) is 52.4. The maximum Gasteiger partial charge on any atom is 0.416 e. The second-order valence-corrected chi connectivity index (χ2v) is 23.2. The van der Waals surface area contributed by atoms with Crippen molar-refractivity contribution < 1.29 is 26.3 Å². The number of nitrogens with zero attached hydrogens (tertiary/aromatic N) is 6. The number of pyridine rings is 1. The van der Waals surface area contributed by atoms with Gasteiger partial charge in [0.15, 0.2) is 0 Å². The average Bonchev–Trinajstić information content (AvgIpc) is 1.08. The molecular weight excluding hydrogens is 1090 g/mol. The third-order valence-corrected chi connectivity index (χ3v) is 17.7. The molecular formula is C74H50F6N6. The van der Waals surface area contributed by atoms with Gasteiger partial charge < -0.3 is 18.9 Å². The van der Waals surface area contributed by atoms with Crippen molar-refractivity contribution in [3.8, 4) is 40.0 Å². The number of fused-ring (bicyclic) bond motifs is 10. The van der Waals surface area contributed by atoms with Crippen molar-refractivity contribution in [3.63, 3.8) is 0 Å². The first-order valence-corrected chi connectivity index (χ1v) is 28.3. The Morgan fingerprint density at radius 1 is 0.372 bits per heavy atom. The Hall–Kier alpha value is -10.4. The van der Waals surface area contributed by atoms with Gasteiger partial charge in [0.25, 0.3) is 0 Å². The lowest BCUT2D eigenvalue weighted by atomic mass is 9.72. The number of nitriles is 1. The molecule has 2 aliphatic heterocycles. The van der Waals surface area contributed by atoms with E-state index in [1.807, 2.05) is 143 Å². The van der Waals surface area contributed by atoms with Crippen LogP contribution in [-0.2, 0) is 23.2 Å². The second kappa shape index (κ2) is 18.8. The smallest absolute Gasteiger partial charge is 0.309 e. The van der Waals surface area contributed by atoms with Crippen molar-refractivity contribution in [2.75, 3.05) is 9.80 Å². The molecule has 12 heteroatoms. The SMILES string of the molecule is CC1(C)c2ccccc2N(c2ccccc2)c2c(-c3nc(-c4cccc5c4N(c4ccccc4)c4ccccc4C5(C)C)c(-n4c5ccccc5c5cc(C(F)(F)F)ccc54)c(C#N)c3-n3c4ccccc4c4cc(C(F)(F)F)ccc43)cccc21. The number of rotatable bonds is 6. The predicted octanol–water partition coefficient (Wildman–Crippen LogP) is 20.7. The van der Waals surface area contributed by atoms with Gasteiger partial charge in [-0.3, -0.25) is 0 Å². The van der Waals surface area contributed by atoms with Crippen LogP contribution in [0.3, 0.4) is 0 Å². The fourth-order valence-corrected chi connectivity index (χ4v) is 13.8. The molecule has 86 heavy (non-hydrogen) atoms. The van der Waals surface area contributed by atoms with Gasteiger partial charge in [0.05, 0.1) is 78.7 Å².